The van der Waals surface area contributed by atoms with E-state index >= 15 is 0 Å². The Morgan fingerprint density at radius 1 is 1.10 bits per heavy atom. The van der Waals surface area contributed by atoms with Crippen LogP contribution in [0.3, 0.4) is 0 Å². The van der Waals surface area contributed by atoms with Gasteiger partial charge in [0.2, 0.25) is 5.91 Å². The Balaban J connectivity index is 1.96. The van der Waals surface area contributed by atoms with E-state index in [-0.39, 0.29) is 35.0 Å². The zero-order valence-electron chi connectivity index (χ0n) is 18.1. The van der Waals surface area contributed by atoms with Gasteiger partial charge in [-0.1, -0.05) is 32.9 Å². The highest BCUT2D eigenvalue weighted by Crippen LogP contribution is 2.24. The van der Waals surface area contributed by atoms with Crippen LogP contribution in [0.2, 0.25) is 0 Å². The molecule has 2 heterocycles. The van der Waals surface area contributed by atoms with Crippen LogP contribution in [0.5, 0.6) is 6.01 Å². The van der Waals surface area contributed by atoms with Crippen molar-refractivity contribution in [1.29, 1.82) is 0 Å². The fraction of sp³-hybridized carbons (Fsp3) is 0.429. The lowest BCUT2D eigenvalue weighted by atomic mass is 9.87. The maximum Gasteiger partial charge on any atom is 0.332 e. The standard InChI is InChI=1S/C21H27N5O4/c1-7-30-19-23-17-16(18(28)25(6)20(29)24(17)5)26(19)12-15(27)22-14-10-8-13(9-11-14)21(2,3)4/h8-11H,7,12H2,1-6H3,(H,22,27). The summed E-state index contributed by atoms with van der Waals surface area (Å²) >= 11 is 0. The number of hydrogen-bond donors (Lipinski definition) is 1. The van der Waals surface area contributed by atoms with E-state index in [9.17, 15) is 14.4 Å². The lowest BCUT2D eigenvalue weighted by molar-refractivity contribution is -0.116. The van der Waals surface area contributed by atoms with Crippen molar-refractivity contribution in [2.24, 2.45) is 14.1 Å². The highest BCUT2D eigenvalue weighted by molar-refractivity contribution is 5.91. The van der Waals surface area contributed by atoms with Crippen molar-refractivity contribution >= 4 is 22.8 Å². The topological polar surface area (TPSA) is 100 Å². The summed E-state index contributed by atoms with van der Waals surface area (Å²) in [4.78, 5) is 41.9. The molecule has 0 saturated carbocycles. The second-order valence-electron chi connectivity index (χ2n) is 8.17. The Morgan fingerprint density at radius 3 is 2.30 bits per heavy atom. The van der Waals surface area contributed by atoms with E-state index in [1.165, 1.54) is 23.2 Å². The largest absolute Gasteiger partial charge is 0.465 e. The Hall–Kier alpha value is -3.36. The number of nitrogens with zero attached hydrogens (tertiary/aromatic N) is 4. The molecule has 0 spiro atoms. The molecule has 9 nitrogen and oxygen atoms in total. The summed E-state index contributed by atoms with van der Waals surface area (Å²) in [5.41, 5.74) is 1.10. The van der Waals surface area contributed by atoms with Crippen molar-refractivity contribution in [3.63, 3.8) is 0 Å². The summed E-state index contributed by atoms with van der Waals surface area (Å²) in [6, 6.07) is 7.75. The number of rotatable bonds is 5. The third-order valence-corrected chi connectivity index (χ3v) is 4.92. The monoisotopic (exact) mass is 413 g/mol. The Bertz CT molecular complexity index is 1210. The summed E-state index contributed by atoms with van der Waals surface area (Å²) in [6.07, 6.45) is 0. The molecule has 3 rings (SSSR count). The van der Waals surface area contributed by atoms with Gasteiger partial charge in [0, 0.05) is 19.8 Å². The summed E-state index contributed by atoms with van der Waals surface area (Å²) in [6.45, 7) is 8.25. The minimum Gasteiger partial charge on any atom is -0.465 e. The predicted octanol–water partition coefficient (Wildman–Crippen LogP) is 1.77. The van der Waals surface area contributed by atoms with Crippen molar-refractivity contribution in [1.82, 2.24) is 18.7 Å². The Kier molecular flexibility index (Phi) is 5.56. The van der Waals surface area contributed by atoms with Gasteiger partial charge in [0.25, 0.3) is 11.6 Å². The van der Waals surface area contributed by atoms with Gasteiger partial charge in [0.1, 0.15) is 6.54 Å². The van der Waals surface area contributed by atoms with Crippen molar-refractivity contribution in [3.8, 4) is 6.01 Å². The second-order valence-corrected chi connectivity index (χ2v) is 8.17. The van der Waals surface area contributed by atoms with Crippen LogP contribution in [-0.2, 0) is 30.8 Å². The summed E-state index contributed by atoms with van der Waals surface area (Å²) in [5.74, 6) is -0.338. The van der Waals surface area contributed by atoms with E-state index in [1.54, 1.807) is 6.92 Å². The average Bonchev–Trinajstić information content (AvgIpc) is 3.03. The molecule has 0 aliphatic carbocycles. The average molecular weight is 413 g/mol. The van der Waals surface area contributed by atoms with Crippen molar-refractivity contribution in [2.45, 2.75) is 39.7 Å². The highest BCUT2D eigenvalue weighted by Gasteiger charge is 2.22. The minimum atomic E-state index is -0.533. The van der Waals surface area contributed by atoms with Gasteiger partial charge in [0.05, 0.1) is 6.61 Å². The zero-order chi connectivity index (χ0) is 22.2. The molecule has 1 amide bonds. The highest BCUT2D eigenvalue weighted by atomic mass is 16.5. The van der Waals surface area contributed by atoms with Gasteiger partial charge >= 0.3 is 5.69 Å². The predicted molar refractivity (Wildman–Crippen MR) is 115 cm³/mol. The van der Waals surface area contributed by atoms with Crippen molar-refractivity contribution < 1.29 is 9.53 Å². The Labute approximate surface area is 173 Å². The quantitative estimate of drug-likeness (QED) is 0.687. The number of ether oxygens (including phenoxy) is 1. The fourth-order valence-electron chi connectivity index (χ4n) is 3.21. The van der Waals surface area contributed by atoms with E-state index < -0.39 is 11.2 Å². The first kappa shape index (κ1) is 21.4. The fourth-order valence-corrected chi connectivity index (χ4v) is 3.21. The van der Waals surface area contributed by atoms with Gasteiger partial charge in [-0.3, -0.25) is 23.3 Å². The molecule has 9 heteroatoms. The van der Waals surface area contributed by atoms with Gasteiger partial charge < -0.3 is 10.1 Å². The maximum atomic E-state index is 12.7. The third-order valence-electron chi connectivity index (χ3n) is 4.92. The third kappa shape index (κ3) is 3.87. The van der Waals surface area contributed by atoms with Crippen LogP contribution in [0, 0.1) is 0 Å². The first-order chi connectivity index (χ1) is 14.0. The smallest absolute Gasteiger partial charge is 0.332 e. The van der Waals surface area contributed by atoms with E-state index in [0.717, 1.165) is 10.1 Å². The van der Waals surface area contributed by atoms with E-state index in [0.29, 0.717) is 12.3 Å². The van der Waals surface area contributed by atoms with E-state index in [4.69, 9.17) is 4.74 Å². The van der Waals surface area contributed by atoms with Crippen LogP contribution in [-0.4, -0.2) is 31.2 Å². The van der Waals surface area contributed by atoms with Crippen LogP contribution < -0.4 is 21.3 Å². The molecule has 1 N–H and O–H groups in total. The molecule has 0 atom stereocenters. The minimum absolute atomic E-state index is 0.0145. The first-order valence-electron chi connectivity index (χ1n) is 9.74. The van der Waals surface area contributed by atoms with Crippen LogP contribution in [0.25, 0.3) is 11.2 Å². The SMILES string of the molecule is CCOc1nc2c(c(=O)n(C)c(=O)n2C)n1CC(=O)Nc1ccc(C(C)(C)C)cc1. The molecule has 3 aromatic rings. The van der Waals surface area contributed by atoms with Gasteiger partial charge in [-0.2, -0.15) is 4.98 Å². The van der Waals surface area contributed by atoms with E-state index in [1.807, 2.05) is 24.3 Å². The molecule has 0 unspecified atom stereocenters. The molecule has 0 bridgehead atoms. The molecule has 0 radical (unpaired) electrons. The number of aryl methyl sites for hydroxylation is 1. The lowest BCUT2D eigenvalue weighted by Crippen LogP contribution is -2.37. The number of anilines is 1. The molecule has 30 heavy (non-hydrogen) atoms. The van der Waals surface area contributed by atoms with Crippen molar-refractivity contribution in [3.05, 3.63) is 50.7 Å². The van der Waals surface area contributed by atoms with Crippen molar-refractivity contribution in [2.75, 3.05) is 11.9 Å². The number of benzene rings is 1. The van der Waals surface area contributed by atoms with Crippen LogP contribution in [0.15, 0.2) is 33.9 Å². The molecule has 160 valence electrons. The zero-order valence-corrected chi connectivity index (χ0v) is 18.1. The van der Waals surface area contributed by atoms with E-state index in [2.05, 4.69) is 31.1 Å². The van der Waals surface area contributed by atoms with Gasteiger partial charge in [0.15, 0.2) is 11.2 Å². The number of carbonyl (C=O) groups excluding carboxylic acids is 1. The molecular weight excluding hydrogens is 386 g/mol. The molecule has 1 aromatic carbocycles. The number of carbonyl (C=O) groups is 1. The molecule has 0 saturated heterocycles. The lowest BCUT2D eigenvalue weighted by Gasteiger charge is -2.19. The number of aromatic nitrogens is 4. The number of fused-ring (bicyclic) bond motifs is 1. The summed E-state index contributed by atoms with van der Waals surface area (Å²) in [5, 5.41) is 2.83. The number of hydrogen-bond acceptors (Lipinski definition) is 5. The van der Waals surface area contributed by atoms with Crippen LogP contribution >= 0.6 is 0 Å². The normalized spacial score (nSPS) is 11.7. The van der Waals surface area contributed by atoms with Gasteiger partial charge in [-0.05, 0) is 30.0 Å². The molecule has 0 aliphatic heterocycles. The molecule has 2 aromatic heterocycles. The van der Waals surface area contributed by atoms with Gasteiger partial charge in [-0.15, -0.1) is 0 Å². The molecule has 0 aliphatic rings. The second kappa shape index (κ2) is 7.81. The first-order valence-corrected chi connectivity index (χ1v) is 9.74. The van der Waals surface area contributed by atoms with Crippen LogP contribution in [0.1, 0.15) is 33.3 Å². The van der Waals surface area contributed by atoms with Gasteiger partial charge in [-0.25, -0.2) is 4.79 Å². The number of amides is 1. The summed E-state index contributed by atoms with van der Waals surface area (Å²) in [7, 11) is 2.91. The Morgan fingerprint density at radius 2 is 1.73 bits per heavy atom. The molecular formula is C21H27N5O4. The number of imidazole rings is 1. The summed E-state index contributed by atoms with van der Waals surface area (Å²) < 4.78 is 9.17. The molecule has 0 fully saturated rings. The number of nitrogens with one attached hydrogen (secondary N) is 1. The maximum absolute atomic E-state index is 12.7. The van der Waals surface area contributed by atoms with Crippen LogP contribution in [0.4, 0.5) is 5.69 Å².